The SMILES string of the molecule is CNCC1(c2ccc(C(C)C)cc2)CCC(=O)CC1. The Morgan fingerprint density at radius 3 is 2.21 bits per heavy atom. The number of ketones is 1. The summed E-state index contributed by atoms with van der Waals surface area (Å²) in [6.45, 7) is 5.40. The van der Waals surface area contributed by atoms with Crippen LogP contribution in [-0.2, 0) is 10.2 Å². The predicted octanol–water partition coefficient (Wildman–Crippen LogP) is 3.41. The van der Waals surface area contributed by atoms with Crippen LogP contribution in [0, 0.1) is 0 Å². The van der Waals surface area contributed by atoms with Gasteiger partial charge in [0.1, 0.15) is 5.78 Å². The van der Waals surface area contributed by atoms with E-state index in [0.29, 0.717) is 11.7 Å². The second-order valence-corrected chi connectivity index (χ2v) is 6.13. The molecule has 1 aromatic carbocycles. The molecule has 0 unspecified atom stereocenters. The maximum absolute atomic E-state index is 11.5. The summed E-state index contributed by atoms with van der Waals surface area (Å²) in [6, 6.07) is 9.02. The fraction of sp³-hybridized carbons (Fsp3) is 0.588. The van der Waals surface area contributed by atoms with Crippen LogP contribution in [0.4, 0.5) is 0 Å². The van der Waals surface area contributed by atoms with Gasteiger partial charge in [0.15, 0.2) is 0 Å². The Labute approximate surface area is 116 Å². The number of rotatable bonds is 4. The van der Waals surface area contributed by atoms with Gasteiger partial charge in [0, 0.05) is 24.8 Å². The molecular formula is C17H25NO. The Bertz CT molecular complexity index is 423. The van der Waals surface area contributed by atoms with E-state index in [2.05, 4.69) is 43.4 Å². The molecule has 0 aliphatic heterocycles. The number of hydrogen-bond donors (Lipinski definition) is 1. The number of Topliss-reactive ketones (excluding diaryl/α,β-unsaturated/α-hetero) is 1. The number of hydrogen-bond acceptors (Lipinski definition) is 2. The summed E-state index contributed by atoms with van der Waals surface area (Å²) in [7, 11) is 2.00. The molecule has 19 heavy (non-hydrogen) atoms. The minimum atomic E-state index is 0.151. The molecule has 1 fully saturated rings. The molecule has 0 radical (unpaired) electrons. The lowest BCUT2D eigenvalue weighted by atomic mass is 9.69. The number of likely N-dealkylation sites (N-methyl/N-ethyl adjacent to an activating group) is 1. The Hall–Kier alpha value is -1.15. The highest BCUT2D eigenvalue weighted by Gasteiger charge is 2.35. The molecule has 0 atom stereocenters. The van der Waals surface area contributed by atoms with E-state index in [0.717, 1.165) is 32.2 Å². The van der Waals surface area contributed by atoms with E-state index in [1.807, 2.05) is 7.05 Å². The molecule has 1 aliphatic rings. The first-order chi connectivity index (χ1) is 9.07. The van der Waals surface area contributed by atoms with Gasteiger partial charge >= 0.3 is 0 Å². The van der Waals surface area contributed by atoms with Crippen molar-refractivity contribution < 1.29 is 4.79 Å². The Balaban J connectivity index is 2.25. The monoisotopic (exact) mass is 259 g/mol. The zero-order valence-corrected chi connectivity index (χ0v) is 12.3. The van der Waals surface area contributed by atoms with Crippen LogP contribution in [0.25, 0.3) is 0 Å². The summed E-state index contributed by atoms with van der Waals surface area (Å²) in [5.74, 6) is 0.993. The quantitative estimate of drug-likeness (QED) is 0.897. The first kappa shape index (κ1) is 14.3. The highest BCUT2D eigenvalue weighted by molar-refractivity contribution is 5.79. The highest BCUT2D eigenvalue weighted by Crippen LogP contribution is 2.38. The Morgan fingerprint density at radius 1 is 1.16 bits per heavy atom. The molecule has 1 aromatic rings. The lowest BCUT2D eigenvalue weighted by molar-refractivity contribution is -0.121. The summed E-state index contributed by atoms with van der Waals surface area (Å²) in [4.78, 5) is 11.5. The molecule has 0 amide bonds. The minimum Gasteiger partial charge on any atom is -0.319 e. The van der Waals surface area contributed by atoms with Crippen LogP contribution >= 0.6 is 0 Å². The van der Waals surface area contributed by atoms with Crippen molar-refractivity contribution in [2.45, 2.75) is 50.9 Å². The summed E-state index contributed by atoms with van der Waals surface area (Å²) < 4.78 is 0. The van der Waals surface area contributed by atoms with Crippen LogP contribution in [-0.4, -0.2) is 19.4 Å². The van der Waals surface area contributed by atoms with Crippen molar-refractivity contribution in [3.63, 3.8) is 0 Å². The van der Waals surface area contributed by atoms with Gasteiger partial charge in [-0.1, -0.05) is 38.1 Å². The second-order valence-electron chi connectivity index (χ2n) is 6.13. The van der Waals surface area contributed by atoms with E-state index >= 15 is 0 Å². The Kier molecular flexibility index (Phi) is 4.41. The van der Waals surface area contributed by atoms with Gasteiger partial charge in [0.05, 0.1) is 0 Å². The lowest BCUT2D eigenvalue weighted by Gasteiger charge is -2.37. The maximum Gasteiger partial charge on any atom is 0.132 e. The molecule has 2 heteroatoms. The lowest BCUT2D eigenvalue weighted by Crippen LogP contribution is -2.40. The highest BCUT2D eigenvalue weighted by atomic mass is 16.1. The van der Waals surface area contributed by atoms with E-state index in [9.17, 15) is 4.79 Å². The molecule has 0 spiro atoms. The van der Waals surface area contributed by atoms with E-state index in [1.165, 1.54) is 11.1 Å². The zero-order valence-electron chi connectivity index (χ0n) is 12.3. The van der Waals surface area contributed by atoms with Gasteiger partial charge in [-0.05, 0) is 36.9 Å². The third-order valence-corrected chi connectivity index (χ3v) is 4.47. The maximum atomic E-state index is 11.5. The minimum absolute atomic E-state index is 0.151. The second kappa shape index (κ2) is 5.87. The molecule has 2 rings (SSSR count). The van der Waals surface area contributed by atoms with Gasteiger partial charge in [-0.25, -0.2) is 0 Å². The van der Waals surface area contributed by atoms with E-state index in [-0.39, 0.29) is 5.41 Å². The van der Waals surface area contributed by atoms with Crippen LogP contribution < -0.4 is 5.32 Å². The number of carbonyl (C=O) groups excluding carboxylic acids is 1. The molecule has 0 saturated heterocycles. The fourth-order valence-corrected chi connectivity index (χ4v) is 3.13. The third-order valence-electron chi connectivity index (χ3n) is 4.47. The van der Waals surface area contributed by atoms with Crippen molar-refractivity contribution in [3.05, 3.63) is 35.4 Å². The first-order valence-corrected chi connectivity index (χ1v) is 7.34. The van der Waals surface area contributed by atoms with Crippen molar-refractivity contribution >= 4 is 5.78 Å². The van der Waals surface area contributed by atoms with Gasteiger partial charge in [-0.15, -0.1) is 0 Å². The van der Waals surface area contributed by atoms with Crippen LogP contribution in [0.2, 0.25) is 0 Å². The zero-order chi connectivity index (χ0) is 13.9. The fourth-order valence-electron chi connectivity index (χ4n) is 3.13. The van der Waals surface area contributed by atoms with Gasteiger partial charge in [0.25, 0.3) is 0 Å². The average molecular weight is 259 g/mol. The molecule has 1 saturated carbocycles. The summed E-state index contributed by atoms with van der Waals surface area (Å²) in [6.07, 6.45) is 3.42. The largest absolute Gasteiger partial charge is 0.319 e. The molecule has 1 N–H and O–H groups in total. The average Bonchev–Trinajstić information content (AvgIpc) is 2.42. The van der Waals surface area contributed by atoms with Crippen LogP contribution in [0.3, 0.4) is 0 Å². The molecule has 0 heterocycles. The van der Waals surface area contributed by atoms with Gasteiger partial charge in [-0.3, -0.25) is 4.79 Å². The number of nitrogens with one attached hydrogen (secondary N) is 1. The summed E-state index contributed by atoms with van der Waals surface area (Å²) >= 11 is 0. The van der Waals surface area contributed by atoms with Crippen LogP contribution in [0.5, 0.6) is 0 Å². The molecule has 1 aliphatic carbocycles. The van der Waals surface area contributed by atoms with Crippen LogP contribution in [0.1, 0.15) is 56.6 Å². The van der Waals surface area contributed by atoms with Crippen molar-refractivity contribution in [2.24, 2.45) is 0 Å². The number of carbonyl (C=O) groups is 1. The smallest absolute Gasteiger partial charge is 0.132 e. The van der Waals surface area contributed by atoms with Gasteiger partial charge < -0.3 is 5.32 Å². The van der Waals surface area contributed by atoms with Gasteiger partial charge in [-0.2, -0.15) is 0 Å². The molecular weight excluding hydrogens is 234 g/mol. The van der Waals surface area contributed by atoms with Crippen molar-refractivity contribution in [1.29, 1.82) is 0 Å². The number of benzene rings is 1. The van der Waals surface area contributed by atoms with Crippen LogP contribution in [0.15, 0.2) is 24.3 Å². The van der Waals surface area contributed by atoms with E-state index in [1.54, 1.807) is 0 Å². The van der Waals surface area contributed by atoms with Crippen molar-refractivity contribution in [1.82, 2.24) is 5.32 Å². The van der Waals surface area contributed by atoms with E-state index < -0.39 is 0 Å². The normalized spacial score (nSPS) is 18.8. The van der Waals surface area contributed by atoms with Gasteiger partial charge in [0.2, 0.25) is 0 Å². The molecule has 0 bridgehead atoms. The van der Waals surface area contributed by atoms with Crippen molar-refractivity contribution in [3.8, 4) is 0 Å². The molecule has 2 nitrogen and oxygen atoms in total. The predicted molar refractivity (Wildman–Crippen MR) is 79.6 cm³/mol. The molecule has 104 valence electrons. The molecule has 0 aromatic heterocycles. The summed E-state index contributed by atoms with van der Waals surface area (Å²) in [5.41, 5.74) is 2.92. The topological polar surface area (TPSA) is 29.1 Å². The standard InChI is InChI=1S/C17H25NO/c1-13(2)14-4-6-15(7-5-14)17(12-18-3)10-8-16(19)9-11-17/h4-7,13,18H,8-12H2,1-3H3. The first-order valence-electron chi connectivity index (χ1n) is 7.34. The van der Waals surface area contributed by atoms with Crippen molar-refractivity contribution in [2.75, 3.05) is 13.6 Å². The summed E-state index contributed by atoms with van der Waals surface area (Å²) in [5, 5.41) is 3.32. The Morgan fingerprint density at radius 2 is 1.74 bits per heavy atom. The van der Waals surface area contributed by atoms with E-state index in [4.69, 9.17) is 0 Å². The third kappa shape index (κ3) is 3.06.